The summed E-state index contributed by atoms with van der Waals surface area (Å²) in [6.07, 6.45) is 6.74. The smallest absolute Gasteiger partial charge is 0.0681 e. The summed E-state index contributed by atoms with van der Waals surface area (Å²) in [5.74, 6) is 0.990. The molecule has 126 valence electrons. The SMILES string of the molecule is CC(C)c1cccc(C(C)C)c1NC1=CCCC=C1NN(C)C. The van der Waals surface area contributed by atoms with Crippen LogP contribution in [0.4, 0.5) is 5.69 Å². The van der Waals surface area contributed by atoms with E-state index in [-0.39, 0.29) is 0 Å². The van der Waals surface area contributed by atoms with Crippen molar-refractivity contribution in [3.05, 3.63) is 52.9 Å². The minimum atomic E-state index is 0.495. The number of allylic oxidation sites excluding steroid dienone is 2. The molecule has 3 nitrogen and oxygen atoms in total. The molecule has 1 aliphatic rings. The maximum Gasteiger partial charge on any atom is 0.0681 e. The molecule has 23 heavy (non-hydrogen) atoms. The molecular weight excluding hydrogens is 282 g/mol. The van der Waals surface area contributed by atoms with E-state index in [9.17, 15) is 0 Å². The fraction of sp³-hybridized carbons (Fsp3) is 0.500. The van der Waals surface area contributed by atoms with Gasteiger partial charge in [-0.15, -0.1) is 0 Å². The molecule has 0 heterocycles. The van der Waals surface area contributed by atoms with E-state index in [0.29, 0.717) is 11.8 Å². The first-order valence-electron chi connectivity index (χ1n) is 8.64. The molecule has 1 aromatic carbocycles. The molecular formula is C20H31N3. The van der Waals surface area contributed by atoms with Gasteiger partial charge in [-0.1, -0.05) is 58.0 Å². The average molecular weight is 313 g/mol. The summed E-state index contributed by atoms with van der Waals surface area (Å²) in [6, 6.07) is 6.66. The molecule has 0 fully saturated rings. The van der Waals surface area contributed by atoms with E-state index >= 15 is 0 Å². The van der Waals surface area contributed by atoms with E-state index in [2.05, 4.69) is 68.8 Å². The zero-order valence-electron chi connectivity index (χ0n) is 15.4. The monoisotopic (exact) mass is 313 g/mol. The van der Waals surface area contributed by atoms with Crippen molar-refractivity contribution < 1.29 is 0 Å². The Hall–Kier alpha value is -1.74. The van der Waals surface area contributed by atoms with Crippen molar-refractivity contribution in [2.45, 2.75) is 52.4 Å². The first-order chi connectivity index (χ1) is 10.9. The minimum absolute atomic E-state index is 0.495. The highest BCUT2D eigenvalue weighted by Crippen LogP contribution is 2.34. The lowest BCUT2D eigenvalue weighted by Gasteiger charge is -2.26. The van der Waals surface area contributed by atoms with Crippen molar-refractivity contribution in [3.8, 4) is 0 Å². The van der Waals surface area contributed by atoms with E-state index in [1.165, 1.54) is 22.5 Å². The lowest BCUT2D eigenvalue weighted by Crippen LogP contribution is -2.32. The first-order valence-corrected chi connectivity index (χ1v) is 8.64. The van der Waals surface area contributed by atoms with Crippen LogP contribution in [0.15, 0.2) is 41.7 Å². The van der Waals surface area contributed by atoms with Gasteiger partial charge in [0.25, 0.3) is 0 Å². The Morgan fingerprint density at radius 3 is 1.87 bits per heavy atom. The Balaban J connectivity index is 2.38. The van der Waals surface area contributed by atoms with Gasteiger partial charge in [-0.2, -0.15) is 0 Å². The summed E-state index contributed by atoms with van der Waals surface area (Å²) in [5, 5.41) is 5.73. The van der Waals surface area contributed by atoms with Crippen LogP contribution in [0.5, 0.6) is 0 Å². The van der Waals surface area contributed by atoms with Crippen LogP contribution in [-0.2, 0) is 0 Å². The Bertz CT molecular complexity index is 569. The highest BCUT2D eigenvalue weighted by Gasteiger charge is 2.17. The lowest BCUT2D eigenvalue weighted by atomic mass is 9.92. The lowest BCUT2D eigenvalue weighted by molar-refractivity contribution is 0.329. The van der Waals surface area contributed by atoms with Crippen molar-refractivity contribution in [3.63, 3.8) is 0 Å². The number of para-hydroxylation sites is 1. The second-order valence-corrected chi connectivity index (χ2v) is 7.07. The molecule has 2 rings (SSSR count). The van der Waals surface area contributed by atoms with Gasteiger partial charge in [0.2, 0.25) is 0 Å². The van der Waals surface area contributed by atoms with Crippen molar-refractivity contribution in [1.82, 2.24) is 10.4 Å². The van der Waals surface area contributed by atoms with Crippen molar-refractivity contribution >= 4 is 5.69 Å². The van der Waals surface area contributed by atoms with Crippen molar-refractivity contribution in [2.24, 2.45) is 0 Å². The van der Waals surface area contributed by atoms with Gasteiger partial charge >= 0.3 is 0 Å². The Labute approximate surface area is 141 Å². The molecule has 2 N–H and O–H groups in total. The number of rotatable bonds is 6. The maximum absolute atomic E-state index is 3.74. The summed E-state index contributed by atoms with van der Waals surface area (Å²) in [4.78, 5) is 0. The zero-order valence-corrected chi connectivity index (χ0v) is 15.4. The average Bonchev–Trinajstić information content (AvgIpc) is 2.48. The summed E-state index contributed by atoms with van der Waals surface area (Å²) in [5.41, 5.74) is 9.79. The molecule has 0 spiro atoms. The van der Waals surface area contributed by atoms with E-state index in [1.54, 1.807) is 0 Å². The molecule has 0 aromatic heterocycles. The third-order valence-corrected chi connectivity index (χ3v) is 4.13. The van der Waals surface area contributed by atoms with E-state index in [4.69, 9.17) is 0 Å². The quantitative estimate of drug-likeness (QED) is 0.726. The number of nitrogens with one attached hydrogen (secondary N) is 2. The Morgan fingerprint density at radius 1 is 0.870 bits per heavy atom. The van der Waals surface area contributed by atoms with Gasteiger partial charge < -0.3 is 10.7 Å². The van der Waals surface area contributed by atoms with Crippen LogP contribution in [0.25, 0.3) is 0 Å². The normalized spacial score (nSPS) is 15.0. The van der Waals surface area contributed by atoms with Gasteiger partial charge in [0, 0.05) is 19.8 Å². The predicted octanol–water partition coefficient (Wildman–Crippen LogP) is 4.97. The number of hydrogen-bond acceptors (Lipinski definition) is 3. The topological polar surface area (TPSA) is 27.3 Å². The highest BCUT2D eigenvalue weighted by molar-refractivity contribution is 5.65. The number of benzene rings is 1. The first kappa shape index (κ1) is 17.6. The highest BCUT2D eigenvalue weighted by atomic mass is 15.5. The van der Waals surface area contributed by atoms with Crippen LogP contribution in [0, 0.1) is 0 Å². The van der Waals surface area contributed by atoms with Gasteiger partial charge in [-0.05, 0) is 35.8 Å². The summed E-state index contributed by atoms with van der Waals surface area (Å²) >= 11 is 0. The second-order valence-electron chi connectivity index (χ2n) is 7.07. The van der Waals surface area contributed by atoms with E-state index < -0.39 is 0 Å². The molecule has 0 radical (unpaired) electrons. The van der Waals surface area contributed by atoms with Gasteiger partial charge in [-0.25, -0.2) is 5.01 Å². The fourth-order valence-electron chi connectivity index (χ4n) is 2.97. The van der Waals surface area contributed by atoms with Crippen LogP contribution in [0.3, 0.4) is 0 Å². The van der Waals surface area contributed by atoms with Crippen LogP contribution in [0.2, 0.25) is 0 Å². The molecule has 0 saturated heterocycles. The molecule has 1 aromatic rings. The second kappa shape index (κ2) is 7.69. The van der Waals surface area contributed by atoms with Gasteiger partial charge in [0.05, 0.1) is 11.4 Å². The van der Waals surface area contributed by atoms with Crippen LogP contribution >= 0.6 is 0 Å². The summed E-state index contributed by atoms with van der Waals surface area (Å²) in [6.45, 7) is 9.03. The zero-order chi connectivity index (χ0) is 17.0. The van der Waals surface area contributed by atoms with Crippen molar-refractivity contribution in [1.29, 1.82) is 0 Å². The number of hydrazine groups is 1. The van der Waals surface area contributed by atoms with Crippen LogP contribution in [0.1, 0.15) is 63.5 Å². The largest absolute Gasteiger partial charge is 0.354 e. The van der Waals surface area contributed by atoms with Gasteiger partial charge in [0.15, 0.2) is 0 Å². The standard InChI is InChI=1S/C20H31N3/c1-14(2)16-10-9-11-17(15(3)4)20(16)21-18-12-7-8-13-19(18)22-23(5)6/h9-15,21-22H,7-8H2,1-6H3. The van der Waals surface area contributed by atoms with Crippen LogP contribution in [-0.4, -0.2) is 19.1 Å². The molecule has 0 atom stereocenters. The van der Waals surface area contributed by atoms with Gasteiger partial charge in [-0.3, -0.25) is 0 Å². The molecule has 0 amide bonds. The number of anilines is 1. The Morgan fingerprint density at radius 2 is 1.39 bits per heavy atom. The van der Waals surface area contributed by atoms with E-state index in [0.717, 1.165) is 18.5 Å². The van der Waals surface area contributed by atoms with Crippen LogP contribution < -0.4 is 10.7 Å². The number of nitrogens with zero attached hydrogens (tertiary/aromatic N) is 1. The minimum Gasteiger partial charge on any atom is -0.354 e. The third kappa shape index (κ3) is 4.38. The molecule has 0 unspecified atom stereocenters. The van der Waals surface area contributed by atoms with E-state index in [1.807, 2.05) is 19.1 Å². The third-order valence-electron chi connectivity index (χ3n) is 4.13. The van der Waals surface area contributed by atoms with Crippen molar-refractivity contribution in [2.75, 3.05) is 19.4 Å². The van der Waals surface area contributed by atoms with Gasteiger partial charge in [0.1, 0.15) is 0 Å². The summed E-state index contributed by atoms with van der Waals surface area (Å²) in [7, 11) is 4.04. The maximum atomic E-state index is 3.74. The molecule has 0 aliphatic heterocycles. The fourth-order valence-corrected chi connectivity index (χ4v) is 2.97. The molecule has 0 saturated carbocycles. The summed E-state index contributed by atoms with van der Waals surface area (Å²) < 4.78 is 0. The molecule has 3 heteroatoms. The number of hydrogen-bond donors (Lipinski definition) is 2. The predicted molar refractivity (Wildman–Crippen MR) is 100 cm³/mol. The molecule has 0 bridgehead atoms. The molecule has 1 aliphatic carbocycles. The Kier molecular flexibility index (Phi) is 5.89.